The number of ether oxygens (including phenoxy) is 3. The van der Waals surface area contributed by atoms with Crippen molar-refractivity contribution < 1.29 is 37.0 Å². The number of benzene rings is 3. The number of hydrogen-bond acceptors (Lipinski definition) is 8. The zero-order valence-electron chi connectivity index (χ0n) is 28.7. The number of carbonyl (C=O) groups is 3. The van der Waals surface area contributed by atoms with E-state index in [2.05, 4.69) is 26.9 Å². The molecule has 262 valence electrons. The van der Waals surface area contributed by atoms with Gasteiger partial charge in [-0.15, -0.1) is 0 Å². The molecule has 1 aliphatic rings. The van der Waals surface area contributed by atoms with Gasteiger partial charge in [0.1, 0.15) is 16.7 Å². The molecule has 0 saturated heterocycles. The molecule has 4 aromatic rings. The summed E-state index contributed by atoms with van der Waals surface area (Å²) in [6, 6.07) is 16.4. The van der Waals surface area contributed by atoms with E-state index in [0.29, 0.717) is 11.4 Å². The Morgan fingerprint density at radius 2 is 1.70 bits per heavy atom. The maximum atomic E-state index is 13.4. The Morgan fingerprint density at radius 3 is 2.40 bits per heavy atom. The summed E-state index contributed by atoms with van der Waals surface area (Å²) in [5.74, 6) is 4.34. The van der Waals surface area contributed by atoms with Crippen LogP contribution in [-0.4, -0.2) is 50.7 Å². The average molecular weight is 700 g/mol. The summed E-state index contributed by atoms with van der Waals surface area (Å²) >= 11 is 0. The van der Waals surface area contributed by atoms with Gasteiger partial charge < -0.3 is 19.2 Å². The zero-order chi connectivity index (χ0) is 36.0. The lowest BCUT2D eigenvalue weighted by Crippen LogP contribution is -2.31. The fourth-order valence-electron chi connectivity index (χ4n) is 5.96. The molecule has 1 heterocycles. The van der Waals surface area contributed by atoms with Gasteiger partial charge in [-0.25, -0.2) is 17.9 Å². The highest BCUT2D eigenvalue weighted by atomic mass is 32.2. The minimum Gasteiger partial charge on any atom is -0.496 e. The van der Waals surface area contributed by atoms with E-state index in [-0.39, 0.29) is 34.0 Å². The van der Waals surface area contributed by atoms with Gasteiger partial charge >= 0.3 is 12.1 Å². The van der Waals surface area contributed by atoms with Crippen LogP contribution in [0, 0.1) is 17.8 Å². The Bertz CT molecular complexity index is 2070. The second-order valence-electron chi connectivity index (χ2n) is 12.6. The van der Waals surface area contributed by atoms with Crippen LogP contribution in [0.15, 0.2) is 71.8 Å². The zero-order valence-corrected chi connectivity index (χ0v) is 29.5. The molecule has 1 fully saturated rings. The predicted molar refractivity (Wildman–Crippen MR) is 190 cm³/mol. The molecule has 0 bridgehead atoms. The highest BCUT2D eigenvalue weighted by Crippen LogP contribution is 2.37. The Hall–Kier alpha value is -5.28. The lowest BCUT2D eigenvalue weighted by Gasteiger charge is -2.17. The molecule has 12 heteroatoms. The first-order valence-electron chi connectivity index (χ1n) is 16.5. The molecule has 3 aromatic carbocycles. The fraction of sp³-hybridized carbons (Fsp3) is 0.342. The van der Waals surface area contributed by atoms with E-state index >= 15 is 0 Å². The monoisotopic (exact) mass is 699 g/mol. The Balaban J connectivity index is 1.35. The molecule has 50 heavy (non-hydrogen) atoms. The molecule has 2 unspecified atom stereocenters. The number of esters is 1. The standard InChI is InChI=1S/C38H41N3O8S/c1-23(2)34(48-25(4)42)19-15-26-10-6-9-13-36(26)50(45,46)41-37(43)27-14-17-30(35(20-27)47-5)24(3)32-22-39-33-18-16-28(21-31(32)33)40-38(44)49-29-11-7-8-12-29/h6,9-10,13-14,16-18,20-24,29,34,39H,7-8,11-12H2,1-5H3,(H,40,44)(H,41,43). The summed E-state index contributed by atoms with van der Waals surface area (Å²) < 4.78 is 45.5. The number of aromatic amines is 1. The molecule has 2 atom stereocenters. The molecule has 5 rings (SSSR count). The summed E-state index contributed by atoms with van der Waals surface area (Å²) in [7, 11) is -2.87. The third-order valence-corrected chi connectivity index (χ3v) is 10.0. The Kier molecular flexibility index (Phi) is 11.2. The van der Waals surface area contributed by atoms with Crippen molar-refractivity contribution in [2.75, 3.05) is 12.4 Å². The van der Waals surface area contributed by atoms with Gasteiger partial charge in [-0.3, -0.25) is 14.9 Å². The molecule has 1 saturated carbocycles. The van der Waals surface area contributed by atoms with Crippen LogP contribution >= 0.6 is 0 Å². The number of amides is 2. The van der Waals surface area contributed by atoms with E-state index in [1.807, 2.05) is 45.2 Å². The van der Waals surface area contributed by atoms with E-state index in [4.69, 9.17) is 14.2 Å². The van der Waals surface area contributed by atoms with Crippen molar-refractivity contribution in [2.24, 2.45) is 5.92 Å². The number of rotatable bonds is 10. The summed E-state index contributed by atoms with van der Waals surface area (Å²) in [4.78, 5) is 40.4. The van der Waals surface area contributed by atoms with Crippen molar-refractivity contribution in [3.8, 4) is 17.6 Å². The van der Waals surface area contributed by atoms with Crippen LogP contribution < -0.4 is 14.8 Å². The van der Waals surface area contributed by atoms with E-state index in [9.17, 15) is 22.8 Å². The number of methoxy groups -OCH3 is 1. The number of sulfonamides is 1. The van der Waals surface area contributed by atoms with E-state index < -0.39 is 34.1 Å². The molecular weight excluding hydrogens is 658 g/mol. The predicted octanol–water partition coefficient (Wildman–Crippen LogP) is 6.88. The minimum atomic E-state index is -4.35. The lowest BCUT2D eigenvalue weighted by atomic mass is 9.91. The van der Waals surface area contributed by atoms with Crippen LogP contribution in [-0.2, 0) is 24.3 Å². The van der Waals surface area contributed by atoms with E-state index in [0.717, 1.165) is 47.7 Å². The van der Waals surface area contributed by atoms with Crippen LogP contribution in [0.4, 0.5) is 10.5 Å². The van der Waals surface area contributed by atoms with Crippen molar-refractivity contribution in [2.45, 2.75) is 76.4 Å². The van der Waals surface area contributed by atoms with Crippen LogP contribution in [0.1, 0.15) is 86.3 Å². The van der Waals surface area contributed by atoms with E-state index in [1.54, 1.807) is 12.1 Å². The molecule has 11 nitrogen and oxygen atoms in total. The smallest absolute Gasteiger partial charge is 0.411 e. The summed E-state index contributed by atoms with van der Waals surface area (Å²) in [6.07, 6.45) is 4.51. The van der Waals surface area contributed by atoms with Gasteiger partial charge in [0.05, 0.1) is 7.11 Å². The van der Waals surface area contributed by atoms with Crippen LogP contribution in [0.25, 0.3) is 10.9 Å². The second kappa shape index (κ2) is 15.5. The molecule has 2 amide bonds. The highest BCUT2D eigenvalue weighted by molar-refractivity contribution is 7.90. The molecule has 3 N–H and O–H groups in total. The molecule has 1 aliphatic carbocycles. The van der Waals surface area contributed by atoms with Crippen molar-refractivity contribution >= 4 is 44.6 Å². The Labute approximate surface area is 292 Å². The number of nitrogens with one attached hydrogen (secondary N) is 3. The van der Waals surface area contributed by atoms with Crippen molar-refractivity contribution in [3.05, 3.63) is 89.1 Å². The highest BCUT2D eigenvalue weighted by Gasteiger charge is 2.25. The third kappa shape index (κ3) is 8.47. The summed E-state index contributed by atoms with van der Waals surface area (Å²) in [6.45, 7) is 6.93. The van der Waals surface area contributed by atoms with Crippen LogP contribution in [0.2, 0.25) is 0 Å². The lowest BCUT2D eigenvalue weighted by molar-refractivity contribution is -0.145. The topological polar surface area (TPSA) is 153 Å². The second-order valence-corrected chi connectivity index (χ2v) is 14.2. The first-order valence-corrected chi connectivity index (χ1v) is 18.0. The van der Waals surface area contributed by atoms with E-state index in [1.165, 1.54) is 44.4 Å². The maximum absolute atomic E-state index is 13.4. The van der Waals surface area contributed by atoms with Gasteiger partial charge in [-0.05, 0) is 73.7 Å². The SMILES string of the molecule is COc1cc(C(=O)NS(=O)(=O)c2ccccc2C#CC(OC(C)=O)C(C)C)ccc1C(C)c1c[nH]c2ccc(NC(=O)OC3CCCC3)cc12. The van der Waals surface area contributed by atoms with Gasteiger partial charge in [0.2, 0.25) is 0 Å². The number of fused-ring (bicyclic) bond motifs is 1. The van der Waals surface area contributed by atoms with Crippen LogP contribution in [0.3, 0.4) is 0 Å². The fourth-order valence-corrected chi connectivity index (χ4v) is 7.10. The third-order valence-electron chi connectivity index (χ3n) is 8.62. The maximum Gasteiger partial charge on any atom is 0.411 e. The van der Waals surface area contributed by atoms with Gasteiger partial charge in [0.25, 0.3) is 15.9 Å². The van der Waals surface area contributed by atoms with Gasteiger partial charge in [-0.2, -0.15) is 0 Å². The summed E-state index contributed by atoms with van der Waals surface area (Å²) in [5, 5.41) is 3.73. The first kappa shape index (κ1) is 36.0. The van der Waals surface area contributed by atoms with Crippen molar-refractivity contribution in [3.63, 3.8) is 0 Å². The number of aromatic nitrogens is 1. The molecule has 1 aromatic heterocycles. The van der Waals surface area contributed by atoms with Gasteiger partial charge in [0, 0.05) is 58.2 Å². The average Bonchev–Trinajstić information content (AvgIpc) is 3.75. The van der Waals surface area contributed by atoms with Crippen LogP contribution in [0.5, 0.6) is 5.75 Å². The largest absolute Gasteiger partial charge is 0.496 e. The first-order chi connectivity index (χ1) is 23.9. The number of carbonyl (C=O) groups excluding carboxylic acids is 3. The summed E-state index contributed by atoms with van der Waals surface area (Å²) in [5.41, 5.74) is 3.39. The minimum absolute atomic E-state index is 0.0492. The van der Waals surface area contributed by atoms with Gasteiger partial charge in [0.15, 0.2) is 6.10 Å². The number of hydrogen-bond donors (Lipinski definition) is 3. The Morgan fingerprint density at radius 1 is 0.960 bits per heavy atom. The number of H-pyrrole nitrogens is 1. The normalized spacial score (nSPS) is 14.4. The molecule has 0 spiro atoms. The quantitative estimate of drug-likeness (QED) is 0.120. The number of anilines is 1. The van der Waals surface area contributed by atoms with Crippen molar-refractivity contribution in [1.82, 2.24) is 9.71 Å². The molecule has 0 aliphatic heterocycles. The molecular formula is C38H41N3O8S. The van der Waals surface area contributed by atoms with Gasteiger partial charge in [-0.1, -0.05) is 50.8 Å². The van der Waals surface area contributed by atoms with Crippen molar-refractivity contribution in [1.29, 1.82) is 0 Å². The molecule has 0 radical (unpaired) electrons.